The number of hydrogen-bond acceptors (Lipinski definition) is 1. The minimum Gasteiger partial charge on any atom is -0.478 e. The van der Waals surface area contributed by atoms with Crippen LogP contribution in [-0.4, -0.2) is 11.1 Å². The van der Waals surface area contributed by atoms with Crippen molar-refractivity contribution in [3.05, 3.63) is 34.9 Å². The maximum Gasteiger partial charge on any atom is 0.335 e. The van der Waals surface area contributed by atoms with E-state index in [9.17, 15) is 4.79 Å². The summed E-state index contributed by atoms with van der Waals surface area (Å²) < 4.78 is 0. The van der Waals surface area contributed by atoms with Crippen molar-refractivity contribution in [3.8, 4) is 0 Å². The maximum absolute atomic E-state index is 11.1. The standard InChI is InChI=1S/C13H16O2/c1-2-9-5-3-7-11-10(9)6-4-8-12(11)13(14)15/h4,6,8-9H,2-3,5,7H2,1H3,(H,14,15). The summed E-state index contributed by atoms with van der Waals surface area (Å²) in [5.41, 5.74) is 2.84. The first-order valence-corrected chi connectivity index (χ1v) is 5.59. The van der Waals surface area contributed by atoms with Gasteiger partial charge in [0.25, 0.3) is 0 Å². The summed E-state index contributed by atoms with van der Waals surface area (Å²) in [6, 6.07) is 5.69. The third-order valence-corrected chi connectivity index (χ3v) is 3.35. The summed E-state index contributed by atoms with van der Waals surface area (Å²) >= 11 is 0. The van der Waals surface area contributed by atoms with Crippen LogP contribution in [0.25, 0.3) is 0 Å². The van der Waals surface area contributed by atoms with Crippen molar-refractivity contribution in [2.24, 2.45) is 0 Å². The van der Waals surface area contributed by atoms with Crippen LogP contribution in [0.5, 0.6) is 0 Å². The Morgan fingerprint density at radius 1 is 1.53 bits per heavy atom. The molecule has 1 aliphatic rings. The van der Waals surface area contributed by atoms with Gasteiger partial charge in [-0.3, -0.25) is 0 Å². The third-order valence-electron chi connectivity index (χ3n) is 3.35. The van der Waals surface area contributed by atoms with Crippen LogP contribution >= 0.6 is 0 Å². The van der Waals surface area contributed by atoms with Gasteiger partial charge in [-0.05, 0) is 48.8 Å². The van der Waals surface area contributed by atoms with Gasteiger partial charge in [-0.15, -0.1) is 0 Å². The smallest absolute Gasteiger partial charge is 0.335 e. The van der Waals surface area contributed by atoms with Gasteiger partial charge in [0.1, 0.15) is 0 Å². The summed E-state index contributed by atoms with van der Waals surface area (Å²) in [6.45, 7) is 2.17. The molecule has 1 unspecified atom stereocenters. The Morgan fingerprint density at radius 2 is 2.33 bits per heavy atom. The lowest BCUT2D eigenvalue weighted by Gasteiger charge is -2.25. The van der Waals surface area contributed by atoms with Gasteiger partial charge in [0.15, 0.2) is 0 Å². The van der Waals surface area contributed by atoms with E-state index in [2.05, 4.69) is 13.0 Å². The quantitative estimate of drug-likeness (QED) is 0.803. The topological polar surface area (TPSA) is 37.3 Å². The molecule has 1 aromatic carbocycles. The van der Waals surface area contributed by atoms with Crippen LogP contribution in [0.4, 0.5) is 0 Å². The number of carbonyl (C=O) groups is 1. The fourth-order valence-corrected chi connectivity index (χ4v) is 2.57. The van der Waals surface area contributed by atoms with Gasteiger partial charge in [0.2, 0.25) is 0 Å². The maximum atomic E-state index is 11.1. The minimum absolute atomic E-state index is 0.505. The van der Waals surface area contributed by atoms with Crippen molar-refractivity contribution in [2.75, 3.05) is 0 Å². The molecule has 0 bridgehead atoms. The van der Waals surface area contributed by atoms with Crippen LogP contribution in [0.3, 0.4) is 0 Å². The molecule has 0 saturated carbocycles. The predicted octanol–water partition coefficient (Wildman–Crippen LogP) is 3.21. The zero-order valence-corrected chi connectivity index (χ0v) is 8.99. The molecule has 80 valence electrons. The molecule has 1 atom stereocenters. The Bertz CT molecular complexity index is 382. The molecule has 0 saturated heterocycles. The average molecular weight is 204 g/mol. The van der Waals surface area contributed by atoms with Crippen LogP contribution in [0.15, 0.2) is 18.2 Å². The van der Waals surface area contributed by atoms with Crippen molar-refractivity contribution in [3.63, 3.8) is 0 Å². The number of carboxylic acid groups (broad SMARTS) is 1. The van der Waals surface area contributed by atoms with Gasteiger partial charge in [-0.25, -0.2) is 4.79 Å². The van der Waals surface area contributed by atoms with Crippen LogP contribution in [-0.2, 0) is 6.42 Å². The van der Waals surface area contributed by atoms with Crippen LogP contribution in [0.2, 0.25) is 0 Å². The molecule has 0 radical (unpaired) electrons. The van der Waals surface area contributed by atoms with Gasteiger partial charge in [-0.1, -0.05) is 19.1 Å². The molecule has 2 nitrogen and oxygen atoms in total. The van der Waals surface area contributed by atoms with E-state index in [4.69, 9.17) is 5.11 Å². The first kappa shape index (κ1) is 10.2. The number of benzene rings is 1. The van der Waals surface area contributed by atoms with Gasteiger partial charge >= 0.3 is 5.97 Å². The van der Waals surface area contributed by atoms with Gasteiger partial charge in [0, 0.05) is 0 Å². The molecule has 0 aromatic heterocycles. The molecular formula is C13H16O2. The van der Waals surface area contributed by atoms with Crippen LogP contribution < -0.4 is 0 Å². The monoisotopic (exact) mass is 204 g/mol. The van der Waals surface area contributed by atoms with E-state index in [1.807, 2.05) is 6.07 Å². The Kier molecular flexibility index (Phi) is 2.76. The van der Waals surface area contributed by atoms with Crippen LogP contribution in [0, 0.1) is 0 Å². The molecule has 2 rings (SSSR count). The molecule has 0 fully saturated rings. The summed E-state index contributed by atoms with van der Waals surface area (Å²) in [6.07, 6.45) is 4.35. The van der Waals surface area contributed by atoms with Crippen molar-refractivity contribution in [1.82, 2.24) is 0 Å². The molecule has 1 aliphatic carbocycles. The number of rotatable bonds is 2. The van der Waals surface area contributed by atoms with E-state index in [0.717, 1.165) is 24.8 Å². The number of aromatic carboxylic acids is 1. The van der Waals surface area contributed by atoms with Crippen molar-refractivity contribution in [1.29, 1.82) is 0 Å². The summed E-state index contributed by atoms with van der Waals surface area (Å²) in [4.78, 5) is 11.1. The van der Waals surface area contributed by atoms with E-state index in [1.54, 1.807) is 6.07 Å². The van der Waals surface area contributed by atoms with Crippen molar-refractivity contribution < 1.29 is 9.90 Å². The minimum atomic E-state index is -0.788. The Morgan fingerprint density at radius 3 is 3.00 bits per heavy atom. The van der Waals surface area contributed by atoms with Crippen LogP contribution in [0.1, 0.15) is 53.6 Å². The van der Waals surface area contributed by atoms with Gasteiger partial charge in [-0.2, -0.15) is 0 Å². The normalized spacial score (nSPS) is 19.7. The van der Waals surface area contributed by atoms with E-state index < -0.39 is 5.97 Å². The number of hydrogen-bond donors (Lipinski definition) is 1. The molecule has 0 amide bonds. The predicted molar refractivity (Wildman–Crippen MR) is 59.4 cm³/mol. The lowest BCUT2D eigenvalue weighted by Crippen LogP contribution is -2.13. The molecule has 1 aromatic rings. The Hall–Kier alpha value is -1.31. The van der Waals surface area contributed by atoms with E-state index in [1.165, 1.54) is 12.0 Å². The van der Waals surface area contributed by atoms with Crippen molar-refractivity contribution >= 4 is 5.97 Å². The Balaban J connectivity index is 2.50. The lowest BCUT2D eigenvalue weighted by molar-refractivity contribution is 0.0695. The second kappa shape index (κ2) is 4.05. The van der Waals surface area contributed by atoms with E-state index in [-0.39, 0.29) is 0 Å². The zero-order chi connectivity index (χ0) is 10.8. The third kappa shape index (κ3) is 1.76. The molecule has 1 N–H and O–H groups in total. The van der Waals surface area contributed by atoms with E-state index in [0.29, 0.717) is 11.5 Å². The van der Waals surface area contributed by atoms with Gasteiger partial charge in [0.05, 0.1) is 5.56 Å². The first-order valence-electron chi connectivity index (χ1n) is 5.59. The molecule has 2 heteroatoms. The largest absolute Gasteiger partial charge is 0.478 e. The summed E-state index contributed by atoms with van der Waals surface area (Å²) in [5, 5.41) is 9.10. The fraction of sp³-hybridized carbons (Fsp3) is 0.462. The lowest BCUT2D eigenvalue weighted by atomic mass is 9.79. The molecule has 0 aliphatic heterocycles. The highest BCUT2D eigenvalue weighted by Crippen LogP contribution is 2.35. The summed E-state index contributed by atoms with van der Waals surface area (Å²) in [7, 11) is 0. The Labute approximate surface area is 89.9 Å². The fourth-order valence-electron chi connectivity index (χ4n) is 2.57. The molecule has 15 heavy (non-hydrogen) atoms. The molecule has 0 spiro atoms. The first-order chi connectivity index (χ1) is 7.24. The zero-order valence-electron chi connectivity index (χ0n) is 8.99. The number of fused-ring (bicyclic) bond motifs is 1. The SMILES string of the molecule is CCC1CCCc2c(C(=O)O)cccc21. The van der Waals surface area contributed by atoms with E-state index >= 15 is 0 Å². The molecule has 0 heterocycles. The highest BCUT2D eigenvalue weighted by molar-refractivity contribution is 5.90. The highest BCUT2D eigenvalue weighted by atomic mass is 16.4. The average Bonchev–Trinajstić information content (AvgIpc) is 2.27. The second-order valence-corrected chi connectivity index (χ2v) is 4.18. The molecular weight excluding hydrogens is 188 g/mol. The van der Waals surface area contributed by atoms with Gasteiger partial charge < -0.3 is 5.11 Å². The summed E-state index contributed by atoms with van der Waals surface area (Å²) in [5.74, 6) is -0.225. The second-order valence-electron chi connectivity index (χ2n) is 4.18. The number of carboxylic acids is 1. The van der Waals surface area contributed by atoms with Crippen molar-refractivity contribution in [2.45, 2.75) is 38.5 Å². The highest BCUT2D eigenvalue weighted by Gasteiger charge is 2.22.